The second-order valence-corrected chi connectivity index (χ2v) is 4.83. The number of aryl methyl sites for hydroxylation is 1. The summed E-state index contributed by atoms with van der Waals surface area (Å²) in [5, 5.41) is 3.49. The van der Waals surface area contributed by atoms with Crippen molar-refractivity contribution in [2.45, 2.75) is 19.9 Å². The van der Waals surface area contributed by atoms with Gasteiger partial charge in [-0.25, -0.2) is 0 Å². The zero-order chi connectivity index (χ0) is 12.5. The van der Waals surface area contributed by atoms with Crippen LogP contribution in [0, 0.1) is 6.92 Å². The molecule has 0 saturated heterocycles. The van der Waals surface area contributed by atoms with Crippen LogP contribution in [-0.4, -0.2) is 7.05 Å². The minimum Gasteiger partial charge on any atom is -0.542 e. The van der Waals surface area contributed by atoms with Crippen LogP contribution >= 0.6 is 0 Å². The van der Waals surface area contributed by atoms with E-state index in [0.717, 1.165) is 5.75 Å². The molecule has 3 heteroatoms. The van der Waals surface area contributed by atoms with E-state index in [1.54, 1.807) is 0 Å². The lowest BCUT2D eigenvalue weighted by Gasteiger charge is -2.29. The standard InChI is InChI=1S/C15H16BNO/c1-11-7-9-13(10-8-11)16-17-12(2)14-5-3-4-6-15(14)18-16/h3-10,12,17H,1-2H3. The lowest BCUT2D eigenvalue weighted by Crippen LogP contribution is -2.53. The normalized spacial score (nSPS) is 18.1. The summed E-state index contributed by atoms with van der Waals surface area (Å²) in [5.74, 6) is 0.981. The largest absolute Gasteiger partial charge is 0.542 e. The van der Waals surface area contributed by atoms with Gasteiger partial charge in [0.2, 0.25) is 0 Å². The molecule has 1 N–H and O–H groups in total. The van der Waals surface area contributed by atoms with E-state index in [9.17, 15) is 0 Å². The van der Waals surface area contributed by atoms with Crippen LogP contribution in [0.1, 0.15) is 24.1 Å². The molecule has 1 aliphatic heterocycles. The quantitative estimate of drug-likeness (QED) is 0.769. The molecule has 0 saturated carbocycles. The fourth-order valence-electron chi connectivity index (χ4n) is 2.33. The Morgan fingerprint density at radius 1 is 1.06 bits per heavy atom. The third-order valence-electron chi connectivity index (χ3n) is 3.41. The second-order valence-electron chi connectivity index (χ2n) is 4.83. The van der Waals surface area contributed by atoms with Crippen LogP contribution in [0.4, 0.5) is 0 Å². The van der Waals surface area contributed by atoms with E-state index in [1.807, 2.05) is 18.2 Å². The Balaban J connectivity index is 1.92. The molecule has 2 aromatic carbocycles. The van der Waals surface area contributed by atoms with Crippen molar-refractivity contribution < 1.29 is 4.65 Å². The third kappa shape index (κ3) is 2.02. The molecule has 0 aromatic heterocycles. The first kappa shape index (κ1) is 11.4. The van der Waals surface area contributed by atoms with E-state index in [-0.39, 0.29) is 7.05 Å². The van der Waals surface area contributed by atoms with Gasteiger partial charge in [-0.15, -0.1) is 0 Å². The van der Waals surface area contributed by atoms with Crippen LogP contribution in [0.2, 0.25) is 0 Å². The molecular formula is C15H16BNO. The maximum absolute atomic E-state index is 6.02. The van der Waals surface area contributed by atoms with Gasteiger partial charge in [0.05, 0.1) is 0 Å². The van der Waals surface area contributed by atoms with Crippen LogP contribution in [0.5, 0.6) is 5.75 Å². The zero-order valence-electron chi connectivity index (χ0n) is 10.7. The summed E-state index contributed by atoms with van der Waals surface area (Å²) < 4.78 is 6.02. The van der Waals surface area contributed by atoms with Gasteiger partial charge in [0.25, 0.3) is 0 Å². The van der Waals surface area contributed by atoms with Crippen LogP contribution in [0.25, 0.3) is 0 Å². The van der Waals surface area contributed by atoms with Gasteiger partial charge in [-0.2, -0.15) is 0 Å². The highest BCUT2D eigenvalue weighted by atomic mass is 16.4. The number of rotatable bonds is 1. The van der Waals surface area contributed by atoms with Crippen molar-refractivity contribution in [1.82, 2.24) is 5.23 Å². The van der Waals surface area contributed by atoms with Gasteiger partial charge in [0.15, 0.2) is 0 Å². The molecule has 0 bridgehead atoms. The highest BCUT2D eigenvalue weighted by Gasteiger charge is 2.30. The molecule has 2 aromatic rings. The van der Waals surface area contributed by atoms with Crippen LogP contribution in [0.15, 0.2) is 48.5 Å². The molecule has 2 nitrogen and oxygen atoms in total. The highest BCUT2D eigenvalue weighted by molar-refractivity contribution is 6.66. The number of fused-ring (bicyclic) bond motifs is 1. The number of benzene rings is 2. The van der Waals surface area contributed by atoms with Crippen molar-refractivity contribution in [3.8, 4) is 5.75 Å². The summed E-state index contributed by atoms with van der Waals surface area (Å²) >= 11 is 0. The molecule has 0 fully saturated rings. The molecule has 0 amide bonds. The topological polar surface area (TPSA) is 21.3 Å². The fourth-order valence-corrected chi connectivity index (χ4v) is 2.33. The van der Waals surface area contributed by atoms with Gasteiger partial charge in [-0.05, 0) is 25.4 Å². The summed E-state index contributed by atoms with van der Waals surface area (Å²) in [6.07, 6.45) is 0. The maximum atomic E-state index is 6.02. The van der Waals surface area contributed by atoms with E-state index in [0.29, 0.717) is 6.04 Å². The van der Waals surface area contributed by atoms with Crippen LogP contribution in [0.3, 0.4) is 0 Å². The second kappa shape index (κ2) is 4.50. The first-order chi connectivity index (χ1) is 8.74. The summed E-state index contributed by atoms with van der Waals surface area (Å²) in [5.41, 5.74) is 3.66. The molecule has 1 heterocycles. The number of hydrogen-bond acceptors (Lipinski definition) is 2. The van der Waals surface area contributed by atoms with Gasteiger partial charge in [-0.1, -0.05) is 48.0 Å². The van der Waals surface area contributed by atoms with Crippen molar-refractivity contribution >= 4 is 12.5 Å². The van der Waals surface area contributed by atoms with Crippen molar-refractivity contribution in [3.05, 3.63) is 59.7 Å². The predicted molar refractivity (Wildman–Crippen MR) is 75.2 cm³/mol. The smallest absolute Gasteiger partial charge is 0.483 e. The summed E-state index contributed by atoms with van der Waals surface area (Å²) in [7, 11) is -0.0597. The van der Waals surface area contributed by atoms with E-state index in [1.165, 1.54) is 16.6 Å². The Hall–Kier alpha value is -1.74. The molecular weight excluding hydrogens is 221 g/mol. The SMILES string of the molecule is Cc1ccc(B2NC(C)c3ccccc3O2)cc1. The van der Waals surface area contributed by atoms with E-state index in [4.69, 9.17) is 4.65 Å². The van der Waals surface area contributed by atoms with Gasteiger partial charge in [0.1, 0.15) is 5.75 Å². The lowest BCUT2D eigenvalue weighted by atomic mass is 9.70. The molecule has 18 heavy (non-hydrogen) atoms. The van der Waals surface area contributed by atoms with E-state index < -0.39 is 0 Å². The van der Waals surface area contributed by atoms with Crippen molar-refractivity contribution in [3.63, 3.8) is 0 Å². The van der Waals surface area contributed by atoms with Crippen LogP contribution < -0.4 is 15.3 Å². The predicted octanol–water partition coefficient (Wildman–Crippen LogP) is 2.43. The van der Waals surface area contributed by atoms with Gasteiger partial charge in [-0.3, -0.25) is 0 Å². The van der Waals surface area contributed by atoms with Crippen molar-refractivity contribution in [1.29, 1.82) is 0 Å². The van der Waals surface area contributed by atoms with Crippen molar-refractivity contribution in [2.24, 2.45) is 0 Å². The van der Waals surface area contributed by atoms with E-state index in [2.05, 4.69) is 49.4 Å². The van der Waals surface area contributed by atoms with Gasteiger partial charge in [0, 0.05) is 11.6 Å². The average Bonchev–Trinajstić information content (AvgIpc) is 2.39. The number of nitrogens with one attached hydrogen (secondary N) is 1. The monoisotopic (exact) mass is 237 g/mol. The third-order valence-corrected chi connectivity index (χ3v) is 3.41. The van der Waals surface area contributed by atoms with Crippen LogP contribution in [-0.2, 0) is 0 Å². The number of hydrogen-bond donors (Lipinski definition) is 1. The minimum absolute atomic E-state index is 0.0597. The molecule has 0 radical (unpaired) electrons. The Kier molecular flexibility index (Phi) is 2.84. The van der Waals surface area contributed by atoms with Gasteiger partial charge >= 0.3 is 7.05 Å². The summed E-state index contributed by atoms with van der Waals surface area (Å²) in [6.45, 7) is 4.26. The summed E-state index contributed by atoms with van der Waals surface area (Å²) in [4.78, 5) is 0. The Labute approximate surface area is 108 Å². The molecule has 1 atom stereocenters. The zero-order valence-corrected chi connectivity index (χ0v) is 10.7. The van der Waals surface area contributed by atoms with E-state index >= 15 is 0 Å². The Bertz CT molecular complexity index is 553. The molecule has 0 spiro atoms. The minimum atomic E-state index is -0.0597. The Morgan fingerprint density at radius 2 is 1.78 bits per heavy atom. The number of para-hydroxylation sites is 1. The molecule has 90 valence electrons. The first-order valence-corrected chi connectivity index (χ1v) is 6.32. The maximum Gasteiger partial charge on any atom is 0.483 e. The molecule has 0 aliphatic carbocycles. The lowest BCUT2D eigenvalue weighted by molar-refractivity contribution is 0.492. The molecule has 1 aliphatic rings. The molecule has 3 rings (SSSR count). The first-order valence-electron chi connectivity index (χ1n) is 6.32. The summed E-state index contributed by atoms with van der Waals surface area (Å²) in [6, 6.07) is 17.0. The van der Waals surface area contributed by atoms with Crippen molar-refractivity contribution in [2.75, 3.05) is 0 Å². The average molecular weight is 237 g/mol. The fraction of sp³-hybridized carbons (Fsp3) is 0.200. The van der Waals surface area contributed by atoms with Gasteiger partial charge < -0.3 is 9.88 Å². The molecule has 1 unspecified atom stereocenters. The Morgan fingerprint density at radius 3 is 2.56 bits per heavy atom. The highest BCUT2D eigenvalue weighted by Crippen LogP contribution is 2.28.